The molecule has 0 amide bonds. The van der Waals surface area contributed by atoms with Crippen molar-refractivity contribution in [2.45, 2.75) is 12.8 Å². The molecule has 2 N–H and O–H groups in total. The van der Waals surface area contributed by atoms with Crippen LogP contribution in [0.1, 0.15) is 22.3 Å². The van der Waals surface area contributed by atoms with Gasteiger partial charge in [-0.2, -0.15) is 0 Å². The Hall–Kier alpha value is -3.72. The summed E-state index contributed by atoms with van der Waals surface area (Å²) in [5, 5.41) is 19.2. The molecule has 3 nitrogen and oxygen atoms in total. The van der Waals surface area contributed by atoms with Crippen LogP contribution in [0.3, 0.4) is 0 Å². The van der Waals surface area contributed by atoms with Crippen molar-refractivity contribution in [2.24, 2.45) is 0 Å². The molecule has 0 bridgehead atoms. The van der Waals surface area contributed by atoms with Crippen LogP contribution >= 0.6 is 0 Å². The summed E-state index contributed by atoms with van der Waals surface area (Å²) in [6.07, 6.45) is 1.52. The molecule has 0 spiro atoms. The molecule has 0 radical (unpaired) electrons. The SMILES string of the molecule is Oc1cccc(Cc2ccc(Oc3ccc(Cc4cccc(O)c4)cc3)cc2)c1. The summed E-state index contributed by atoms with van der Waals surface area (Å²) < 4.78 is 5.95. The minimum atomic E-state index is 0.287. The summed E-state index contributed by atoms with van der Waals surface area (Å²) >= 11 is 0. The van der Waals surface area contributed by atoms with Crippen LogP contribution in [0.25, 0.3) is 0 Å². The smallest absolute Gasteiger partial charge is 0.127 e. The first-order valence-electron chi connectivity index (χ1n) is 9.56. The summed E-state index contributed by atoms with van der Waals surface area (Å²) in [6.45, 7) is 0. The molecule has 0 heterocycles. The number of hydrogen-bond donors (Lipinski definition) is 2. The highest BCUT2D eigenvalue weighted by atomic mass is 16.5. The van der Waals surface area contributed by atoms with E-state index in [1.807, 2.05) is 72.8 Å². The zero-order valence-electron chi connectivity index (χ0n) is 16.0. The lowest BCUT2D eigenvalue weighted by atomic mass is 10.0. The molecule has 4 aromatic carbocycles. The quantitative estimate of drug-likeness (QED) is 0.425. The third kappa shape index (κ3) is 5.17. The fourth-order valence-electron chi connectivity index (χ4n) is 3.29. The molecule has 29 heavy (non-hydrogen) atoms. The average molecular weight is 382 g/mol. The monoisotopic (exact) mass is 382 g/mol. The number of hydrogen-bond acceptors (Lipinski definition) is 3. The predicted octanol–water partition coefficient (Wildman–Crippen LogP) is 6.07. The summed E-state index contributed by atoms with van der Waals surface area (Å²) in [6, 6.07) is 30.6. The number of rotatable bonds is 6. The van der Waals surface area contributed by atoms with Gasteiger partial charge in [0.1, 0.15) is 23.0 Å². The Morgan fingerprint density at radius 2 is 0.897 bits per heavy atom. The minimum absolute atomic E-state index is 0.287. The van der Waals surface area contributed by atoms with Crippen molar-refractivity contribution < 1.29 is 14.9 Å². The molecule has 3 heteroatoms. The molecule has 0 fully saturated rings. The van der Waals surface area contributed by atoms with Crippen molar-refractivity contribution in [3.63, 3.8) is 0 Å². The first-order valence-corrected chi connectivity index (χ1v) is 9.56. The molecule has 0 saturated carbocycles. The van der Waals surface area contributed by atoms with E-state index in [-0.39, 0.29) is 11.5 Å². The lowest BCUT2D eigenvalue weighted by molar-refractivity contribution is 0.474. The normalized spacial score (nSPS) is 10.6. The van der Waals surface area contributed by atoms with E-state index in [0.29, 0.717) is 0 Å². The lowest BCUT2D eigenvalue weighted by Gasteiger charge is -2.09. The lowest BCUT2D eigenvalue weighted by Crippen LogP contribution is -1.90. The van der Waals surface area contributed by atoms with Gasteiger partial charge in [-0.3, -0.25) is 0 Å². The molecule has 4 rings (SSSR count). The van der Waals surface area contributed by atoms with Crippen LogP contribution in [0.2, 0.25) is 0 Å². The van der Waals surface area contributed by atoms with Gasteiger partial charge in [0.15, 0.2) is 0 Å². The molecule has 0 aromatic heterocycles. The average Bonchev–Trinajstić information content (AvgIpc) is 2.71. The minimum Gasteiger partial charge on any atom is -0.508 e. The number of ether oxygens (including phenoxy) is 1. The Balaban J connectivity index is 1.37. The largest absolute Gasteiger partial charge is 0.508 e. The molecule has 0 saturated heterocycles. The number of aromatic hydroxyl groups is 2. The van der Waals surface area contributed by atoms with Crippen LogP contribution in [0, 0.1) is 0 Å². The second kappa shape index (κ2) is 8.53. The molecule has 144 valence electrons. The van der Waals surface area contributed by atoms with E-state index in [0.717, 1.165) is 46.6 Å². The number of phenols is 2. The molecular formula is C26H22O3. The van der Waals surface area contributed by atoms with E-state index in [2.05, 4.69) is 0 Å². The van der Waals surface area contributed by atoms with E-state index in [9.17, 15) is 10.2 Å². The second-order valence-electron chi connectivity index (χ2n) is 7.08. The molecule has 0 atom stereocenters. The zero-order valence-corrected chi connectivity index (χ0v) is 16.0. The topological polar surface area (TPSA) is 49.7 Å². The van der Waals surface area contributed by atoms with Crippen LogP contribution in [0.5, 0.6) is 23.0 Å². The summed E-state index contributed by atoms with van der Waals surface area (Å²) in [4.78, 5) is 0. The Morgan fingerprint density at radius 3 is 1.28 bits per heavy atom. The van der Waals surface area contributed by atoms with Gasteiger partial charge in [0, 0.05) is 0 Å². The highest BCUT2D eigenvalue weighted by Gasteiger charge is 2.02. The van der Waals surface area contributed by atoms with E-state index >= 15 is 0 Å². The molecular weight excluding hydrogens is 360 g/mol. The van der Waals surface area contributed by atoms with Gasteiger partial charge in [0.2, 0.25) is 0 Å². The van der Waals surface area contributed by atoms with Crippen molar-refractivity contribution in [2.75, 3.05) is 0 Å². The number of phenolic OH excluding ortho intramolecular Hbond substituents is 2. The third-order valence-corrected chi connectivity index (χ3v) is 4.72. The molecule has 0 aliphatic heterocycles. The van der Waals surface area contributed by atoms with Crippen LogP contribution < -0.4 is 4.74 Å². The van der Waals surface area contributed by atoms with Crippen molar-refractivity contribution in [1.29, 1.82) is 0 Å². The van der Waals surface area contributed by atoms with Gasteiger partial charge in [-0.05, 0) is 83.6 Å². The van der Waals surface area contributed by atoms with E-state index in [1.165, 1.54) is 0 Å². The van der Waals surface area contributed by atoms with Gasteiger partial charge in [0.05, 0.1) is 0 Å². The van der Waals surface area contributed by atoms with E-state index < -0.39 is 0 Å². The van der Waals surface area contributed by atoms with Gasteiger partial charge in [-0.25, -0.2) is 0 Å². The van der Waals surface area contributed by atoms with Crippen LogP contribution in [-0.2, 0) is 12.8 Å². The van der Waals surface area contributed by atoms with E-state index in [1.54, 1.807) is 24.3 Å². The summed E-state index contributed by atoms with van der Waals surface area (Å²) in [7, 11) is 0. The van der Waals surface area contributed by atoms with E-state index in [4.69, 9.17) is 4.74 Å². The second-order valence-corrected chi connectivity index (χ2v) is 7.08. The van der Waals surface area contributed by atoms with Crippen LogP contribution in [0.4, 0.5) is 0 Å². The predicted molar refractivity (Wildman–Crippen MR) is 115 cm³/mol. The maximum Gasteiger partial charge on any atom is 0.127 e. The molecule has 0 aliphatic rings. The Kier molecular flexibility index (Phi) is 5.48. The van der Waals surface area contributed by atoms with Gasteiger partial charge >= 0.3 is 0 Å². The summed E-state index contributed by atoms with van der Waals surface area (Å²) in [5.74, 6) is 2.14. The molecule has 0 aliphatic carbocycles. The van der Waals surface area contributed by atoms with Gasteiger partial charge < -0.3 is 14.9 Å². The first-order chi connectivity index (χ1) is 14.1. The fourth-order valence-corrected chi connectivity index (χ4v) is 3.29. The van der Waals surface area contributed by atoms with Gasteiger partial charge in [0.25, 0.3) is 0 Å². The fraction of sp³-hybridized carbons (Fsp3) is 0.0769. The maximum absolute atomic E-state index is 9.58. The maximum atomic E-state index is 9.58. The Morgan fingerprint density at radius 1 is 0.483 bits per heavy atom. The van der Waals surface area contributed by atoms with Crippen molar-refractivity contribution in [3.05, 3.63) is 119 Å². The van der Waals surface area contributed by atoms with Crippen molar-refractivity contribution >= 4 is 0 Å². The Bertz CT molecular complexity index is 994. The molecule has 4 aromatic rings. The zero-order chi connectivity index (χ0) is 20.1. The number of benzene rings is 4. The summed E-state index contributed by atoms with van der Waals surface area (Å²) in [5.41, 5.74) is 4.45. The van der Waals surface area contributed by atoms with Crippen molar-refractivity contribution in [3.8, 4) is 23.0 Å². The van der Waals surface area contributed by atoms with Crippen molar-refractivity contribution in [1.82, 2.24) is 0 Å². The Labute approximate surface area is 170 Å². The van der Waals surface area contributed by atoms with Crippen LogP contribution in [-0.4, -0.2) is 10.2 Å². The molecule has 0 unspecified atom stereocenters. The standard InChI is InChI=1S/C26H22O3/c27-23-5-1-3-21(17-23)15-19-7-11-25(12-8-19)29-26-13-9-20(10-14-26)16-22-4-2-6-24(28)18-22/h1-14,17-18,27-28H,15-16H2. The first kappa shape index (κ1) is 18.6. The van der Waals surface area contributed by atoms with Gasteiger partial charge in [-0.15, -0.1) is 0 Å². The highest BCUT2D eigenvalue weighted by molar-refractivity contribution is 5.38. The third-order valence-electron chi connectivity index (χ3n) is 4.72. The highest BCUT2D eigenvalue weighted by Crippen LogP contribution is 2.24. The van der Waals surface area contributed by atoms with Crippen LogP contribution in [0.15, 0.2) is 97.1 Å². The van der Waals surface area contributed by atoms with Gasteiger partial charge in [-0.1, -0.05) is 48.5 Å².